The van der Waals surface area contributed by atoms with Gasteiger partial charge < -0.3 is 4.74 Å². The molecule has 0 spiro atoms. The number of hydrogen-bond acceptors (Lipinski definition) is 2. The van der Waals surface area contributed by atoms with E-state index in [1.165, 1.54) is 0 Å². The van der Waals surface area contributed by atoms with Crippen LogP contribution in [-0.4, -0.2) is 18.0 Å². The van der Waals surface area contributed by atoms with Crippen molar-refractivity contribution in [3.05, 3.63) is 83.9 Å². The molecule has 2 atom stereocenters. The zero-order chi connectivity index (χ0) is 15.6. The highest BCUT2D eigenvalue weighted by molar-refractivity contribution is 6.01. The van der Waals surface area contributed by atoms with Gasteiger partial charge >= 0.3 is 0 Å². The maximum Gasteiger partial charge on any atom is 0.195 e. The van der Waals surface area contributed by atoms with E-state index in [2.05, 4.69) is 30.0 Å². The minimum atomic E-state index is -0.431. The second-order valence-electron chi connectivity index (χ2n) is 5.50. The molecule has 2 nitrogen and oxygen atoms in total. The highest BCUT2D eigenvalue weighted by Crippen LogP contribution is 2.26. The van der Waals surface area contributed by atoms with E-state index in [4.69, 9.17) is 4.74 Å². The SMILES string of the molecule is O=C(c1ccccc1)C1OC1C#Cc1cccc2ccccc12. The van der Waals surface area contributed by atoms with Crippen molar-refractivity contribution in [1.29, 1.82) is 0 Å². The smallest absolute Gasteiger partial charge is 0.195 e. The van der Waals surface area contributed by atoms with E-state index in [0.717, 1.165) is 16.3 Å². The Morgan fingerprint density at radius 2 is 1.61 bits per heavy atom. The average molecular weight is 298 g/mol. The number of carbonyl (C=O) groups is 1. The summed E-state index contributed by atoms with van der Waals surface area (Å²) in [6, 6.07) is 23.4. The summed E-state index contributed by atoms with van der Waals surface area (Å²) < 4.78 is 5.44. The lowest BCUT2D eigenvalue weighted by atomic mass is 10.0. The molecule has 0 aliphatic carbocycles. The highest BCUT2D eigenvalue weighted by atomic mass is 16.6. The van der Waals surface area contributed by atoms with Crippen LogP contribution < -0.4 is 0 Å². The van der Waals surface area contributed by atoms with Crippen molar-refractivity contribution in [3.8, 4) is 11.8 Å². The van der Waals surface area contributed by atoms with Gasteiger partial charge in [0.05, 0.1) is 0 Å². The van der Waals surface area contributed by atoms with Crippen molar-refractivity contribution in [2.75, 3.05) is 0 Å². The first-order valence-corrected chi connectivity index (χ1v) is 7.57. The van der Waals surface area contributed by atoms with Gasteiger partial charge in [0.25, 0.3) is 0 Å². The third-order valence-corrected chi connectivity index (χ3v) is 3.95. The van der Waals surface area contributed by atoms with Crippen molar-refractivity contribution >= 4 is 16.6 Å². The molecule has 1 heterocycles. The van der Waals surface area contributed by atoms with Gasteiger partial charge in [-0.3, -0.25) is 4.79 Å². The molecular weight excluding hydrogens is 284 g/mol. The van der Waals surface area contributed by atoms with Gasteiger partial charge in [-0.05, 0) is 16.8 Å². The molecule has 0 bridgehead atoms. The number of fused-ring (bicyclic) bond motifs is 1. The van der Waals surface area contributed by atoms with E-state index >= 15 is 0 Å². The molecule has 3 aromatic rings. The lowest BCUT2D eigenvalue weighted by Crippen LogP contribution is -2.09. The molecule has 1 fully saturated rings. The summed E-state index contributed by atoms with van der Waals surface area (Å²) >= 11 is 0. The molecule has 0 N–H and O–H groups in total. The van der Waals surface area contributed by atoms with Gasteiger partial charge in [-0.2, -0.15) is 0 Å². The Morgan fingerprint density at radius 1 is 0.870 bits per heavy atom. The van der Waals surface area contributed by atoms with Gasteiger partial charge in [-0.1, -0.05) is 78.6 Å². The second-order valence-corrected chi connectivity index (χ2v) is 5.50. The molecule has 1 aliphatic heterocycles. The van der Waals surface area contributed by atoms with Crippen LogP contribution in [-0.2, 0) is 4.74 Å². The molecule has 0 aromatic heterocycles. The molecule has 0 radical (unpaired) electrons. The van der Waals surface area contributed by atoms with Gasteiger partial charge in [-0.25, -0.2) is 0 Å². The zero-order valence-electron chi connectivity index (χ0n) is 12.4. The molecule has 1 aliphatic rings. The Balaban J connectivity index is 1.55. The number of hydrogen-bond donors (Lipinski definition) is 0. The van der Waals surface area contributed by atoms with Gasteiger partial charge in [0.15, 0.2) is 18.0 Å². The first-order valence-electron chi connectivity index (χ1n) is 7.57. The van der Waals surface area contributed by atoms with Crippen LogP contribution in [0.15, 0.2) is 72.8 Å². The Bertz CT molecular complexity index is 927. The minimum Gasteiger partial charge on any atom is -0.347 e. The van der Waals surface area contributed by atoms with Crippen LogP contribution in [0.1, 0.15) is 15.9 Å². The third-order valence-electron chi connectivity index (χ3n) is 3.95. The van der Waals surface area contributed by atoms with Crippen LogP contribution in [0.3, 0.4) is 0 Å². The Labute approximate surface area is 134 Å². The first kappa shape index (κ1) is 13.8. The maximum absolute atomic E-state index is 12.2. The molecule has 2 heteroatoms. The summed E-state index contributed by atoms with van der Waals surface area (Å²) in [6.07, 6.45) is -0.735. The largest absolute Gasteiger partial charge is 0.347 e. The van der Waals surface area contributed by atoms with Crippen LogP contribution >= 0.6 is 0 Å². The average Bonchev–Trinajstić information content (AvgIpc) is 3.39. The second kappa shape index (κ2) is 5.72. The molecule has 23 heavy (non-hydrogen) atoms. The lowest BCUT2D eigenvalue weighted by Gasteiger charge is -1.99. The fourth-order valence-electron chi connectivity index (χ4n) is 2.67. The monoisotopic (exact) mass is 298 g/mol. The maximum atomic E-state index is 12.2. The van der Waals surface area contributed by atoms with Crippen LogP contribution in [0.25, 0.3) is 10.8 Å². The van der Waals surface area contributed by atoms with Crippen molar-refractivity contribution in [1.82, 2.24) is 0 Å². The predicted molar refractivity (Wildman–Crippen MR) is 90.3 cm³/mol. The van der Waals surface area contributed by atoms with Gasteiger partial charge in [-0.15, -0.1) is 0 Å². The Hall–Kier alpha value is -2.89. The number of rotatable bonds is 2. The molecule has 2 unspecified atom stereocenters. The van der Waals surface area contributed by atoms with Crippen molar-refractivity contribution in [2.45, 2.75) is 12.2 Å². The zero-order valence-corrected chi connectivity index (χ0v) is 12.4. The van der Waals surface area contributed by atoms with Crippen molar-refractivity contribution in [2.24, 2.45) is 0 Å². The summed E-state index contributed by atoms with van der Waals surface area (Å²) in [5.74, 6) is 6.23. The standard InChI is InChI=1S/C21H14O2/c22-20(17-8-2-1-3-9-17)21-19(23-21)14-13-16-11-6-10-15-7-4-5-12-18(15)16/h1-12,19,21H. The number of ketones is 1. The summed E-state index contributed by atoms with van der Waals surface area (Å²) in [4.78, 5) is 12.2. The van der Waals surface area contributed by atoms with Crippen LogP contribution in [0.4, 0.5) is 0 Å². The number of Topliss-reactive ketones (excluding diaryl/α,β-unsaturated/α-hetero) is 1. The van der Waals surface area contributed by atoms with Crippen molar-refractivity contribution < 1.29 is 9.53 Å². The summed E-state index contributed by atoms with van der Waals surface area (Å²) in [7, 11) is 0. The fourth-order valence-corrected chi connectivity index (χ4v) is 2.67. The number of epoxide rings is 1. The number of ether oxygens (including phenoxy) is 1. The molecular formula is C21H14O2. The molecule has 0 saturated carbocycles. The van der Waals surface area contributed by atoms with Gasteiger partial charge in [0.2, 0.25) is 0 Å². The third kappa shape index (κ3) is 2.75. The Kier molecular flexibility index (Phi) is 3.42. The number of carbonyl (C=O) groups excluding carboxylic acids is 1. The molecule has 1 saturated heterocycles. The van der Waals surface area contributed by atoms with Gasteiger partial charge in [0, 0.05) is 11.1 Å². The first-order chi connectivity index (χ1) is 11.3. The van der Waals surface area contributed by atoms with E-state index < -0.39 is 6.10 Å². The minimum absolute atomic E-state index is 0.00261. The molecule has 3 aromatic carbocycles. The highest BCUT2D eigenvalue weighted by Gasteiger charge is 2.44. The molecule has 4 rings (SSSR count). The van der Waals surface area contributed by atoms with Crippen molar-refractivity contribution in [3.63, 3.8) is 0 Å². The van der Waals surface area contributed by atoms with Gasteiger partial charge in [0.1, 0.15) is 0 Å². The lowest BCUT2D eigenvalue weighted by molar-refractivity contribution is 0.0953. The summed E-state index contributed by atoms with van der Waals surface area (Å²) in [6.45, 7) is 0. The van der Waals surface area contributed by atoms with E-state index in [-0.39, 0.29) is 11.9 Å². The predicted octanol–water partition coefficient (Wildman–Crippen LogP) is 3.84. The molecule has 0 amide bonds. The summed E-state index contributed by atoms with van der Waals surface area (Å²) in [5, 5.41) is 2.28. The molecule has 110 valence electrons. The quantitative estimate of drug-likeness (QED) is 0.409. The normalized spacial score (nSPS) is 19.0. The Morgan fingerprint density at radius 3 is 2.48 bits per heavy atom. The van der Waals surface area contributed by atoms with E-state index in [1.54, 1.807) is 12.1 Å². The number of benzene rings is 3. The van der Waals surface area contributed by atoms with E-state index in [9.17, 15) is 4.79 Å². The van der Waals surface area contributed by atoms with Crippen LogP contribution in [0.5, 0.6) is 0 Å². The van der Waals surface area contributed by atoms with E-state index in [1.807, 2.05) is 42.5 Å². The van der Waals surface area contributed by atoms with Crippen LogP contribution in [0, 0.1) is 11.8 Å². The van der Waals surface area contributed by atoms with Crippen LogP contribution in [0.2, 0.25) is 0 Å². The fraction of sp³-hybridized carbons (Fsp3) is 0.0952. The van der Waals surface area contributed by atoms with E-state index in [0.29, 0.717) is 5.56 Å². The summed E-state index contributed by atoms with van der Waals surface area (Å²) in [5.41, 5.74) is 1.64. The topological polar surface area (TPSA) is 29.6 Å².